The van der Waals surface area contributed by atoms with Gasteiger partial charge >= 0.3 is 0 Å². The van der Waals surface area contributed by atoms with Crippen LogP contribution in [0.1, 0.15) is 19.3 Å². The molecule has 1 unspecified atom stereocenters. The van der Waals surface area contributed by atoms with Gasteiger partial charge in [-0.3, -0.25) is 4.79 Å². The first kappa shape index (κ1) is 6.88. The number of nitrogens with one attached hydrogen (secondary N) is 1. The molecule has 1 aliphatic heterocycles. The zero-order valence-electron chi connectivity index (χ0n) is 5.69. The molecule has 0 radical (unpaired) electrons. The van der Waals surface area contributed by atoms with Crippen molar-refractivity contribution in [1.29, 1.82) is 0 Å². The maximum Gasteiger partial charge on any atom is 0.224 e. The Bertz CT molecular complexity index is 176. The van der Waals surface area contributed by atoms with E-state index in [0.29, 0.717) is 5.92 Å². The fourth-order valence-corrected chi connectivity index (χ4v) is 2.29. The molecule has 1 spiro atoms. The molecule has 2 fully saturated rings. The summed E-state index contributed by atoms with van der Waals surface area (Å²) in [6, 6.07) is 0. The summed E-state index contributed by atoms with van der Waals surface area (Å²) in [6.45, 7) is 0. The van der Waals surface area contributed by atoms with Crippen LogP contribution in [-0.4, -0.2) is 15.9 Å². The molecule has 1 amide bonds. The SMILES string of the molecule is O=C1NC2(CC2)CC1CI. The van der Waals surface area contributed by atoms with Gasteiger partial charge in [0, 0.05) is 15.9 Å². The maximum absolute atomic E-state index is 11.1. The predicted octanol–water partition coefficient (Wildman–Crippen LogP) is 1.09. The molecule has 3 heteroatoms. The van der Waals surface area contributed by atoms with Crippen LogP contribution in [0.3, 0.4) is 0 Å². The molecule has 0 aromatic heterocycles. The van der Waals surface area contributed by atoms with Crippen LogP contribution in [0.5, 0.6) is 0 Å². The molecule has 1 aliphatic carbocycles. The second-order valence-electron chi connectivity index (χ2n) is 3.32. The fraction of sp³-hybridized carbons (Fsp3) is 0.857. The van der Waals surface area contributed by atoms with Gasteiger partial charge in [-0.25, -0.2) is 0 Å². The first-order chi connectivity index (χ1) is 4.76. The highest BCUT2D eigenvalue weighted by molar-refractivity contribution is 14.1. The number of carbonyl (C=O) groups is 1. The second kappa shape index (κ2) is 2.09. The number of alkyl halides is 1. The van der Waals surface area contributed by atoms with Crippen molar-refractivity contribution in [1.82, 2.24) is 5.32 Å². The van der Waals surface area contributed by atoms with Gasteiger partial charge in [-0.15, -0.1) is 0 Å². The van der Waals surface area contributed by atoms with Crippen LogP contribution >= 0.6 is 22.6 Å². The van der Waals surface area contributed by atoms with Gasteiger partial charge in [0.1, 0.15) is 0 Å². The normalized spacial score (nSPS) is 34.5. The van der Waals surface area contributed by atoms with Gasteiger partial charge in [-0.1, -0.05) is 22.6 Å². The van der Waals surface area contributed by atoms with Crippen LogP contribution in [0.25, 0.3) is 0 Å². The highest BCUT2D eigenvalue weighted by Gasteiger charge is 2.51. The molecular weight excluding hydrogens is 241 g/mol. The molecule has 0 aromatic rings. The molecule has 1 atom stereocenters. The summed E-state index contributed by atoms with van der Waals surface area (Å²) in [5.74, 6) is 0.593. The molecule has 2 aliphatic rings. The summed E-state index contributed by atoms with van der Waals surface area (Å²) < 4.78 is 0.978. The van der Waals surface area contributed by atoms with E-state index in [1.165, 1.54) is 12.8 Å². The standard InChI is InChI=1S/C7H10INO/c8-4-5-3-7(1-2-7)9-6(5)10/h5H,1-4H2,(H,9,10). The van der Waals surface area contributed by atoms with Crippen molar-refractivity contribution in [2.75, 3.05) is 4.43 Å². The van der Waals surface area contributed by atoms with Gasteiger partial charge in [-0.05, 0) is 19.3 Å². The molecule has 1 saturated carbocycles. The van der Waals surface area contributed by atoms with Gasteiger partial charge in [0.05, 0.1) is 0 Å². The molecule has 1 saturated heterocycles. The Morgan fingerprint density at radius 1 is 1.70 bits per heavy atom. The quantitative estimate of drug-likeness (QED) is 0.548. The molecule has 2 rings (SSSR count). The average molecular weight is 251 g/mol. The highest BCUT2D eigenvalue weighted by atomic mass is 127. The van der Waals surface area contributed by atoms with E-state index < -0.39 is 0 Å². The summed E-state index contributed by atoms with van der Waals surface area (Å²) in [4.78, 5) is 11.1. The lowest BCUT2D eigenvalue weighted by atomic mass is 10.1. The Balaban J connectivity index is 2.07. The van der Waals surface area contributed by atoms with Crippen molar-refractivity contribution in [3.63, 3.8) is 0 Å². The number of amides is 1. The summed E-state index contributed by atoms with van der Waals surface area (Å²) in [5, 5.41) is 3.06. The van der Waals surface area contributed by atoms with E-state index in [9.17, 15) is 4.79 Å². The van der Waals surface area contributed by atoms with E-state index in [1.54, 1.807) is 0 Å². The van der Waals surface area contributed by atoms with E-state index in [-0.39, 0.29) is 11.4 Å². The lowest BCUT2D eigenvalue weighted by Gasteiger charge is -2.01. The van der Waals surface area contributed by atoms with E-state index in [1.807, 2.05) is 0 Å². The van der Waals surface area contributed by atoms with E-state index in [4.69, 9.17) is 0 Å². The third-order valence-corrected chi connectivity index (χ3v) is 3.50. The van der Waals surface area contributed by atoms with Gasteiger partial charge < -0.3 is 5.32 Å². The number of rotatable bonds is 1. The Kier molecular flexibility index (Phi) is 1.44. The summed E-state index contributed by atoms with van der Waals surface area (Å²) in [5.41, 5.74) is 0.285. The third kappa shape index (κ3) is 0.946. The largest absolute Gasteiger partial charge is 0.350 e. The van der Waals surface area contributed by atoms with Crippen molar-refractivity contribution in [3.8, 4) is 0 Å². The molecule has 56 valence electrons. The lowest BCUT2D eigenvalue weighted by Crippen LogP contribution is -2.27. The van der Waals surface area contributed by atoms with E-state index in [0.717, 1.165) is 10.8 Å². The highest BCUT2D eigenvalue weighted by Crippen LogP contribution is 2.45. The molecule has 1 heterocycles. The number of hydrogen-bond acceptors (Lipinski definition) is 1. The minimum atomic E-state index is 0.284. The first-order valence-electron chi connectivity index (χ1n) is 3.64. The Morgan fingerprint density at radius 3 is 2.70 bits per heavy atom. The van der Waals surface area contributed by atoms with Crippen LogP contribution in [0, 0.1) is 5.92 Å². The predicted molar refractivity (Wildman–Crippen MR) is 47.1 cm³/mol. The minimum Gasteiger partial charge on any atom is -0.350 e. The number of halogens is 1. The summed E-state index contributed by atoms with van der Waals surface area (Å²) >= 11 is 2.29. The average Bonchev–Trinajstić information content (AvgIpc) is 2.55. The number of carbonyl (C=O) groups excluding carboxylic acids is 1. The second-order valence-corrected chi connectivity index (χ2v) is 4.21. The molecule has 10 heavy (non-hydrogen) atoms. The van der Waals surface area contributed by atoms with Gasteiger partial charge in [-0.2, -0.15) is 0 Å². The summed E-state index contributed by atoms with van der Waals surface area (Å²) in [7, 11) is 0. The van der Waals surface area contributed by atoms with Gasteiger partial charge in [0.2, 0.25) is 5.91 Å². The van der Waals surface area contributed by atoms with Crippen LogP contribution < -0.4 is 5.32 Å². The summed E-state index contributed by atoms with van der Waals surface area (Å²) in [6.07, 6.45) is 3.52. The van der Waals surface area contributed by atoms with Gasteiger partial charge in [0.25, 0.3) is 0 Å². The van der Waals surface area contributed by atoms with Crippen molar-refractivity contribution in [2.45, 2.75) is 24.8 Å². The van der Waals surface area contributed by atoms with Crippen molar-refractivity contribution < 1.29 is 4.79 Å². The van der Waals surface area contributed by atoms with Crippen LogP contribution in [0.15, 0.2) is 0 Å². The third-order valence-electron chi connectivity index (χ3n) is 2.44. The Labute approximate surface area is 73.9 Å². The van der Waals surface area contributed by atoms with Crippen molar-refractivity contribution in [3.05, 3.63) is 0 Å². The number of hydrogen-bond donors (Lipinski definition) is 1. The lowest BCUT2D eigenvalue weighted by molar-refractivity contribution is -0.122. The van der Waals surface area contributed by atoms with E-state index >= 15 is 0 Å². The Hall–Kier alpha value is 0.200. The maximum atomic E-state index is 11.1. The smallest absolute Gasteiger partial charge is 0.224 e. The van der Waals surface area contributed by atoms with Gasteiger partial charge in [0.15, 0.2) is 0 Å². The molecule has 0 aromatic carbocycles. The molecule has 2 nitrogen and oxygen atoms in total. The first-order valence-corrected chi connectivity index (χ1v) is 5.16. The fourth-order valence-electron chi connectivity index (χ4n) is 1.58. The molecule has 0 bridgehead atoms. The van der Waals surface area contributed by atoms with E-state index in [2.05, 4.69) is 27.9 Å². The molecular formula is C7H10INO. The van der Waals surface area contributed by atoms with Crippen molar-refractivity contribution in [2.24, 2.45) is 5.92 Å². The zero-order chi connectivity index (χ0) is 7.19. The molecule has 1 N–H and O–H groups in total. The monoisotopic (exact) mass is 251 g/mol. The van der Waals surface area contributed by atoms with Crippen molar-refractivity contribution >= 4 is 28.5 Å². The Morgan fingerprint density at radius 2 is 2.40 bits per heavy atom. The minimum absolute atomic E-state index is 0.284. The van der Waals surface area contributed by atoms with Crippen LogP contribution in [0.2, 0.25) is 0 Å². The zero-order valence-corrected chi connectivity index (χ0v) is 7.85. The topological polar surface area (TPSA) is 29.1 Å². The van der Waals surface area contributed by atoms with Crippen LogP contribution in [0.4, 0.5) is 0 Å². The van der Waals surface area contributed by atoms with Crippen LogP contribution in [-0.2, 0) is 4.79 Å².